The van der Waals surface area contributed by atoms with E-state index in [4.69, 9.17) is 4.74 Å². The van der Waals surface area contributed by atoms with Crippen LogP contribution in [-0.4, -0.2) is 38.8 Å². The van der Waals surface area contributed by atoms with E-state index in [0.717, 1.165) is 11.8 Å². The minimum absolute atomic E-state index is 0. The number of aromatic nitrogens is 1. The van der Waals surface area contributed by atoms with Crippen LogP contribution in [-0.2, 0) is 28.7 Å². The third-order valence-electron chi connectivity index (χ3n) is 3.92. The summed E-state index contributed by atoms with van der Waals surface area (Å²) < 4.78 is 42.5. The summed E-state index contributed by atoms with van der Waals surface area (Å²) in [6.45, 7) is 5.56. The Hall–Kier alpha value is -1.95. The van der Waals surface area contributed by atoms with Crippen molar-refractivity contribution in [2.24, 2.45) is 4.99 Å². The average Bonchev–Trinajstić information content (AvgIpc) is 2.66. The molecular weight excluding hydrogens is 522 g/mol. The Morgan fingerprint density at radius 1 is 1.17 bits per heavy atom. The molecule has 0 aliphatic heterocycles. The molecule has 0 bridgehead atoms. The average molecular weight is 550 g/mol. The molecule has 1 aromatic carbocycles. The van der Waals surface area contributed by atoms with Gasteiger partial charge in [0, 0.05) is 31.1 Å². The van der Waals surface area contributed by atoms with Gasteiger partial charge in [0.05, 0.1) is 18.9 Å². The molecule has 0 amide bonds. The fourth-order valence-corrected chi connectivity index (χ4v) is 3.52. The van der Waals surface area contributed by atoms with Crippen molar-refractivity contribution in [2.45, 2.75) is 32.7 Å². The Morgan fingerprint density at radius 3 is 2.60 bits per heavy atom. The number of halogens is 2. The van der Waals surface area contributed by atoms with Crippen molar-refractivity contribution in [3.05, 3.63) is 59.0 Å². The highest BCUT2D eigenvalue weighted by atomic mass is 127. The van der Waals surface area contributed by atoms with Crippen LogP contribution < -0.4 is 15.4 Å². The van der Waals surface area contributed by atoms with Gasteiger partial charge in [-0.2, -0.15) is 0 Å². The molecule has 2 N–H and O–H groups in total. The van der Waals surface area contributed by atoms with Crippen LogP contribution in [0.5, 0.6) is 5.88 Å². The van der Waals surface area contributed by atoms with E-state index in [2.05, 4.69) is 20.6 Å². The molecule has 2 rings (SSSR count). The zero-order valence-corrected chi connectivity index (χ0v) is 20.5. The van der Waals surface area contributed by atoms with E-state index in [-0.39, 0.29) is 36.3 Å². The lowest BCUT2D eigenvalue weighted by Gasteiger charge is -2.14. The van der Waals surface area contributed by atoms with E-state index in [9.17, 15) is 12.8 Å². The molecule has 0 aliphatic rings. The van der Waals surface area contributed by atoms with Gasteiger partial charge in [0.15, 0.2) is 15.8 Å². The first kappa shape index (κ1) is 26.1. The maximum Gasteiger partial charge on any atom is 0.218 e. The first-order valence-corrected chi connectivity index (χ1v) is 11.4. The summed E-state index contributed by atoms with van der Waals surface area (Å²) in [4.78, 5) is 8.70. The van der Waals surface area contributed by atoms with Crippen molar-refractivity contribution < 1.29 is 17.5 Å². The zero-order chi connectivity index (χ0) is 21.3. The molecule has 0 fully saturated rings. The van der Waals surface area contributed by atoms with Gasteiger partial charge < -0.3 is 15.4 Å². The molecule has 0 aliphatic carbocycles. The molecule has 1 aromatic heterocycles. The molecule has 166 valence electrons. The number of ether oxygens (including phenoxy) is 1. The smallest absolute Gasteiger partial charge is 0.218 e. The lowest BCUT2D eigenvalue weighted by Crippen LogP contribution is -2.37. The fraction of sp³-hybridized carbons (Fsp3) is 0.400. The Kier molecular flexibility index (Phi) is 11.0. The van der Waals surface area contributed by atoms with E-state index in [0.29, 0.717) is 42.7 Å². The second-order valence-electron chi connectivity index (χ2n) is 6.43. The number of pyridine rings is 1. The van der Waals surface area contributed by atoms with Crippen LogP contribution in [0.25, 0.3) is 0 Å². The zero-order valence-electron chi connectivity index (χ0n) is 17.3. The molecule has 30 heavy (non-hydrogen) atoms. The number of aliphatic imine (C=N–C) groups is 1. The number of benzene rings is 1. The minimum Gasteiger partial charge on any atom is -0.478 e. The number of nitrogens with zero attached hydrogens (tertiary/aromatic N) is 2. The molecule has 0 saturated heterocycles. The molecule has 1 heterocycles. The fourth-order valence-electron chi connectivity index (χ4n) is 2.68. The number of sulfone groups is 1. The van der Waals surface area contributed by atoms with Crippen molar-refractivity contribution in [3.63, 3.8) is 0 Å². The number of nitrogens with one attached hydrogen (secondary N) is 2. The van der Waals surface area contributed by atoms with Gasteiger partial charge in [-0.15, -0.1) is 24.0 Å². The maximum atomic E-state index is 13.7. The molecule has 0 spiro atoms. The van der Waals surface area contributed by atoms with E-state index >= 15 is 0 Å². The summed E-state index contributed by atoms with van der Waals surface area (Å²) in [5.74, 6) is 0.490. The molecule has 0 saturated carbocycles. The topological polar surface area (TPSA) is 92.7 Å². The van der Waals surface area contributed by atoms with Crippen LogP contribution in [0, 0.1) is 5.82 Å². The lowest BCUT2D eigenvalue weighted by molar-refractivity contribution is 0.322. The monoisotopic (exact) mass is 550 g/mol. The largest absolute Gasteiger partial charge is 0.478 e. The van der Waals surface area contributed by atoms with Gasteiger partial charge >= 0.3 is 0 Å². The van der Waals surface area contributed by atoms with Crippen LogP contribution in [0.15, 0.2) is 41.5 Å². The third kappa shape index (κ3) is 8.82. The maximum absolute atomic E-state index is 13.7. The van der Waals surface area contributed by atoms with Gasteiger partial charge in [-0.1, -0.05) is 12.1 Å². The van der Waals surface area contributed by atoms with E-state index in [1.165, 1.54) is 18.2 Å². The Morgan fingerprint density at radius 2 is 1.93 bits per heavy atom. The summed E-state index contributed by atoms with van der Waals surface area (Å²) in [6, 6.07) is 7.81. The molecule has 0 unspecified atom stereocenters. The molecule has 2 aromatic rings. The van der Waals surface area contributed by atoms with Gasteiger partial charge in [-0.3, -0.25) is 0 Å². The molecule has 0 radical (unpaired) electrons. The van der Waals surface area contributed by atoms with Crippen molar-refractivity contribution in [2.75, 3.05) is 19.4 Å². The van der Waals surface area contributed by atoms with Crippen molar-refractivity contribution in [1.29, 1.82) is 0 Å². The van der Waals surface area contributed by atoms with Gasteiger partial charge in [-0.25, -0.2) is 22.8 Å². The van der Waals surface area contributed by atoms with Crippen molar-refractivity contribution >= 4 is 39.8 Å². The number of hydrogen-bond acceptors (Lipinski definition) is 5. The number of guanidine groups is 1. The highest BCUT2D eigenvalue weighted by Gasteiger charge is 2.11. The van der Waals surface area contributed by atoms with Gasteiger partial charge in [0.1, 0.15) is 5.82 Å². The van der Waals surface area contributed by atoms with Gasteiger partial charge in [0.25, 0.3) is 0 Å². The summed E-state index contributed by atoms with van der Waals surface area (Å²) >= 11 is 0. The van der Waals surface area contributed by atoms with E-state index < -0.39 is 15.7 Å². The van der Waals surface area contributed by atoms with Crippen LogP contribution in [0.4, 0.5) is 4.39 Å². The highest BCUT2D eigenvalue weighted by Crippen LogP contribution is 2.16. The Labute approximate surface area is 194 Å². The summed E-state index contributed by atoms with van der Waals surface area (Å²) in [5, 5.41) is 6.32. The predicted octanol–water partition coefficient (Wildman–Crippen LogP) is 3.04. The van der Waals surface area contributed by atoms with E-state index in [1.807, 2.05) is 26.0 Å². The van der Waals surface area contributed by atoms with Crippen molar-refractivity contribution in [1.82, 2.24) is 15.6 Å². The quantitative estimate of drug-likeness (QED) is 0.284. The lowest BCUT2D eigenvalue weighted by atomic mass is 10.1. The van der Waals surface area contributed by atoms with Crippen LogP contribution in [0.3, 0.4) is 0 Å². The number of rotatable bonds is 9. The van der Waals surface area contributed by atoms with Gasteiger partial charge in [0.2, 0.25) is 5.88 Å². The second kappa shape index (κ2) is 12.7. The first-order valence-electron chi connectivity index (χ1n) is 9.36. The van der Waals surface area contributed by atoms with Crippen LogP contribution >= 0.6 is 24.0 Å². The Bertz CT molecular complexity index is 955. The predicted molar refractivity (Wildman–Crippen MR) is 127 cm³/mol. The summed E-state index contributed by atoms with van der Waals surface area (Å²) in [7, 11) is -3.24. The van der Waals surface area contributed by atoms with E-state index in [1.54, 1.807) is 6.20 Å². The molecular formula is C20H28FIN4O3S. The van der Waals surface area contributed by atoms with Crippen LogP contribution in [0.1, 0.15) is 30.5 Å². The van der Waals surface area contributed by atoms with Gasteiger partial charge in [-0.05, 0) is 43.2 Å². The van der Waals surface area contributed by atoms with Crippen molar-refractivity contribution in [3.8, 4) is 5.88 Å². The summed E-state index contributed by atoms with van der Waals surface area (Å²) in [5.41, 5.74) is 1.95. The second-order valence-corrected chi connectivity index (χ2v) is 8.57. The standard InChI is InChI=1S/C20H27FN4O3S.HI/c1-4-22-20(24-12-15-7-6-10-23-19(15)28-5-2)25-13-17-11-18(21)9-8-16(17)14-29(3,26)27;/h6-11H,4-5,12-14H2,1-3H3,(H2,22,24,25);1H. The molecule has 10 heteroatoms. The summed E-state index contributed by atoms with van der Waals surface area (Å²) in [6.07, 6.45) is 2.82. The number of hydrogen-bond donors (Lipinski definition) is 2. The third-order valence-corrected chi connectivity index (χ3v) is 4.75. The van der Waals surface area contributed by atoms with Crippen LogP contribution in [0.2, 0.25) is 0 Å². The highest BCUT2D eigenvalue weighted by molar-refractivity contribution is 14.0. The minimum atomic E-state index is -3.24. The Balaban J connectivity index is 0.00000450. The SMILES string of the molecule is CCNC(=NCc1cc(F)ccc1CS(C)(=O)=O)NCc1cccnc1OCC.I. The molecule has 0 atom stereocenters. The molecule has 7 nitrogen and oxygen atoms in total. The normalized spacial score (nSPS) is 11.5. The first-order chi connectivity index (χ1) is 13.8.